The Hall–Kier alpha value is -1.50. The van der Waals surface area contributed by atoms with E-state index in [1.54, 1.807) is 24.5 Å². The Kier molecular flexibility index (Phi) is 5.59. The number of pyridine rings is 1. The summed E-state index contributed by atoms with van der Waals surface area (Å²) in [6.07, 6.45) is 5.28. The van der Waals surface area contributed by atoms with Gasteiger partial charge in [0.25, 0.3) is 5.91 Å². The van der Waals surface area contributed by atoms with Gasteiger partial charge in [0.2, 0.25) is 0 Å². The minimum atomic E-state index is 0.0956. The van der Waals surface area contributed by atoms with E-state index in [-0.39, 0.29) is 18.4 Å². The molecule has 6 nitrogen and oxygen atoms in total. The molecular weight excluding hydrogens is 294 g/mol. The molecule has 0 spiro atoms. The summed E-state index contributed by atoms with van der Waals surface area (Å²) in [5, 5.41) is 9.41. The molecule has 0 aromatic carbocycles. The summed E-state index contributed by atoms with van der Waals surface area (Å²) in [5.41, 5.74) is 0.710. The Morgan fingerprint density at radius 2 is 2.00 bits per heavy atom. The van der Waals surface area contributed by atoms with Gasteiger partial charge >= 0.3 is 0 Å². The lowest BCUT2D eigenvalue weighted by molar-refractivity contribution is 0.0595. The van der Waals surface area contributed by atoms with Crippen LogP contribution in [-0.2, 0) is 4.74 Å². The van der Waals surface area contributed by atoms with Crippen molar-refractivity contribution in [1.29, 1.82) is 0 Å². The highest BCUT2D eigenvalue weighted by Crippen LogP contribution is 2.20. The summed E-state index contributed by atoms with van der Waals surface area (Å²) in [6.45, 7) is 4.92. The summed E-state index contributed by atoms with van der Waals surface area (Å²) in [4.78, 5) is 20.8. The van der Waals surface area contributed by atoms with Crippen LogP contribution < -0.4 is 0 Å². The maximum absolute atomic E-state index is 12.5. The fourth-order valence-corrected chi connectivity index (χ4v) is 3.46. The number of hydrogen-bond acceptors (Lipinski definition) is 5. The van der Waals surface area contributed by atoms with Crippen LogP contribution in [0, 0.1) is 5.92 Å². The Labute approximate surface area is 137 Å². The quantitative estimate of drug-likeness (QED) is 0.885. The average molecular weight is 319 g/mol. The standard InChI is InChI=1S/C17H25N3O3/c21-12-14-11-20(9-10-23-13-14)16-3-7-19(8-4-16)17(22)15-1-5-18-6-2-15/h1-2,5-6,14,16,21H,3-4,7-13H2/t14-/m1/s1. The minimum Gasteiger partial charge on any atom is -0.396 e. The number of carbonyl (C=O) groups is 1. The summed E-state index contributed by atoms with van der Waals surface area (Å²) in [5.74, 6) is 0.298. The number of likely N-dealkylation sites (tertiary alicyclic amines) is 1. The van der Waals surface area contributed by atoms with Gasteiger partial charge in [-0.05, 0) is 25.0 Å². The van der Waals surface area contributed by atoms with Crippen molar-refractivity contribution < 1.29 is 14.6 Å². The van der Waals surface area contributed by atoms with Gasteiger partial charge in [-0.2, -0.15) is 0 Å². The molecule has 2 aliphatic rings. The molecule has 3 rings (SSSR count). The minimum absolute atomic E-state index is 0.0956. The molecular formula is C17H25N3O3. The third-order valence-corrected chi connectivity index (χ3v) is 4.82. The molecule has 0 radical (unpaired) electrons. The second-order valence-corrected chi connectivity index (χ2v) is 6.38. The van der Waals surface area contributed by atoms with Gasteiger partial charge in [-0.25, -0.2) is 0 Å². The van der Waals surface area contributed by atoms with Gasteiger partial charge < -0.3 is 14.7 Å². The first kappa shape index (κ1) is 16.4. The number of aliphatic hydroxyl groups excluding tert-OH is 1. The van der Waals surface area contributed by atoms with Crippen molar-refractivity contribution in [3.05, 3.63) is 30.1 Å². The molecule has 6 heteroatoms. The first-order valence-electron chi connectivity index (χ1n) is 8.40. The van der Waals surface area contributed by atoms with Crippen molar-refractivity contribution >= 4 is 5.91 Å². The molecule has 2 fully saturated rings. The molecule has 3 heterocycles. The third kappa shape index (κ3) is 4.07. The second-order valence-electron chi connectivity index (χ2n) is 6.38. The van der Waals surface area contributed by atoms with Crippen LogP contribution in [0.1, 0.15) is 23.2 Å². The van der Waals surface area contributed by atoms with Gasteiger partial charge in [-0.15, -0.1) is 0 Å². The van der Waals surface area contributed by atoms with Crippen molar-refractivity contribution in [2.45, 2.75) is 18.9 Å². The Bertz CT molecular complexity index is 503. The van der Waals surface area contributed by atoms with Crippen LogP contribution in [0.5, 0.6) is 0 Å². The van der Waals surface area contributed by atoms with E-state index in [1.807, 2.05) is 4.90 Å². The van der Waals surface area contributed by atoms with Crippen LogP contribution in [0.4, 0.5) is 0 Å². The van der Waals surface area contributed by atoms with Crippen LogP contribution >= 0.6 is 0 Å². The molecule has 1 aromatic heterocycles. The van der Waals surface area contributed by atoms with E-state index in [0.29, 0.717) is 18.2 Å². The summed E-state index contributed by atoms with van der Waals surface area (Å²) in [7, 11) is 0. The maximum Gasteiger partial charge on any atom is 0.253 e. The number of amides is 1. The first-order valence-corrected chi connectivity index (χ1v) is 8.40. The number of piperidine rings is 1. The SMILES string of the molecule is O=C(c1ccncc1)N1CCC(N2CCOC[C@@H](CO)C2)CC1. The largest absolute Gasteiger partial charge is 0.396 e. The molecule has 1 aromatic rings. The lowest BCUT2D eigenvalue weighted by Crippen LogP contribution is -2.48. The van der Waals surface area contributed by atoms with Crippen LogP contribution in [-0.4, -0.2) is 77.8 Å². The third-order valence-electron chi connectivity index (χ3n) is 4.82. The van der Waals surface area contributed by atoms with E-state index in [4.69, 9.17) is 4.74 Å². The number of ether oxygens (including phenoxy) is 1. The summed E-state index contributed by atoms with van der Waals surface area (Å²) >= 11 is 0. The van der Waals surface area contributed by atoms with Gasteiger partial charge in [-0.1, -0.05) is 0 Å². The molecule has 2 saturated heterocycles. The zero-order chi connectivity index (χ0) is 16.1. The summed E-state index contributed by atoms with van der Waals surface area (Å²) in [6, 6.07) is 4.02. The van der Waals surface area contributed by atoms with Gasteiger partial charge in [-0.3, -0.25) is 14.7 Å². The van der Waals surface area contributed by atoms with Crippen molar-refractivity contribution in [3.8, 4) is 0 Å². The molecule has 0 saturated carbocycles. The highest BCUT2D eigenvalue weighted by Gasteiger charge is 2.29. The number of nitrogens with zero attached hydrogens (tertiary/aromatic N) is 3. The lowest BCUT2D eigenvalue weighted by Gasteiger charge is -2.38. The molecule has 23 heavy (non-hydrogen) atoms. The number of aromatic nitrogens is 1. The molecule has 126 valence electrons. The van der Waals surface area contributed by atoms with Crippen molar-refractivity contribution in [2.75, 3.05) is 46.0 Å². The predicted octanol–water partition coefficient (Wildman–Crippen LogP) is 0.627. The van der Waals surface area contributed by atoms with E-state index in [2.05, 4.69) is 9.88 Å². The normalized spacial score (nSPS) is 24.4. The average Bonchev–Trinajstić information content (AvgIpc) is 2.88. The van der Waals surface area contributed by atoms with Crippen LogP contribution in [0.3, 0.4) is 0 Å². The molecule has 0 unspecified atom stereocenters. The molecule has 1 N–H and O–H groups in total. The first-order chi connectivity index (χ1) is 11.3. The molecule has 1 amide bonds. The van der Waals surface area contributed by atoms with Gasteiger partial charge in [0.15, 0.2) is 0 Å². The zero-order valence-corrected chi connectivity index (χ0v) is 13.4. The fraction of sp³-hybridized carbons (Fsp3) is 0.647. The van der Waals surface area contributed by atoms with Gasteiger partial charge in [0.05, 0.1) is 13.2 Å². The number of aliphatic hydroxyl groups is 1. The van der Waals surface area contributed by atoms with Crippen molar-refractivity contribution in [1.82, 2.24) is 14.8 Å². The van der Waals surface area contributed by atoms with Crippen molar-refractivity contribution in [3.63, 3.8) is 0 Å². The van der Waals surface area contributed by atoms with E-state index in [1.165, 1.54) is 0 Å². The van der Waals surface area contributed by atoms with Crippen LogP contribution in [0.2, 0.25) is 0 Å². The Morgan fingerprint density at radius 1 is 1.26 bits per heavy atom. The fourth-order valence-electron chi connectivity index (χ4n) is 3.46. The zero-order valence-electron chi connectivity index (χ0n) is 13.4. The maximum atomic E-state index is 12.5. The van der Waals surface area contributed by atoms with Gasteiger partial charge in [0, 0.05) is 62.7 Å². The van der Waals surface area contributed by atoms with E-state index in [9.17, 15) is 9.90 Å². The predicted molar refractivity (Wildman–Crippen MR) is 86.1 cm³/mol. The summed E-state index contributed by atoms with van der Waals surface area (Å²) < 4.78 is 5.56. The monoisotopic (exact) mass is 319 g/mol. The Balaban J connectivity index is 1.54. The molecule has 2 aliphatic heterocycles. The second kappa shape index (κ2) is 7.86. The van der Waals surface area contributed by atoms with E-state index in [0.717, 1.165) is 45.6 Å². The van der Waals surface area contributed by atoms with E-state index >= 15 is 0 Å². The van der Waals surface area contributed by atoms with Gasteiger partial charge in [0.1, 0.15) is 0 Å². The van der Waals surface area contributed by atoms with Crippen molar-refractivity contribution in [2.24, 2.45) is 5.92 Å². The molecule has 0 bridgehead atoms. The van der Waals surface area contributed by atoms with Crippen LogP contribution in [0.25, 0.3) is 0 Å². The topological polar surface area (TPSA) is 65.9 Å². The highest BCUT2D eigenvalue weighted by atomic mass is 16.5. The van der Waals surface area contributed by atoms with E-state index < -0.39 is 0 Å². The number of hydrogen-bond donors (Lipinski definition) is 1. The molecule has 0 aliphatic carbocycles. The molecule has 1 atom stereocenters. The lowest BCUT2D eigenvalue weighted by atomic mass is 10.0. The number of carbonyl (C=O) groups excluding carboxylic acids is 1. The Morgan fingerprint density at radius 3 is 2.70 bits per heavy atom. The number of rotatable bonds is 3. The van der Waals surface area contributed by atoms with Crippen LogP contribution in [0.15, 0.2) is 24.5 Å². The smallest absolute Gasteiger partial charge is 0.253 e. The highest BCUT2D eigenvalue weighted by molar-refractivity contribution is 5.94.